The molecule has 0 aliphatic carbocycles. The molecule has 138 valence electrons. The summed E-state index contributed by atoms with van der Waals surface area (Å²) in [6.45, 7) is 1.63. The van der Waals surface area contributed by atoms with Crippen LogP contribution in [0.25, 0.3) is 9.88 Å². The summed E-state index contributed by atoms with van der Waals surface area (Å²) in [5.41, 5.74) is 0.714. The second-order valence-corrected chi connectivity index (χ2v) is 8.80. The zero-order valence-corrected chi connectivity index (χ0v) is 17.0. The van der Waals surface area contributed by atoms with E-state index in [0.717, 1.165) is 9.88 Å². The van der Waals surface area contributed by atoms with E-state index in [2.05, 4.69) is 4.98 Å². The van der Waals surface area contributed by atoms with Crippen molar-refractivity contribution in [3.8, 4) is 9.88 Å². The molecule has 0 bridgehead atoms. The van der Waals surface area contributed by atoms with Crippen molar-refractivity contribution < 1.29 is 14.7 Å². The van der Waals surface area contributed by atoms with Crippen LogP contribution < -0.4 is 4.90 Å². The van der Waals surface area contributed by atoms with E-state index in [-0.39, 0.29) is 10.6 Å². The minimum Gasteiger partial charge on any atom is -0.383 e. The summed E-state index contributed by atoms with van der Waals surface area (Å²) in [7, 11) is 0. The van der Waals surface area contributed by atoms with Crippen LogP contribution in [-0.2, 0) is 0 Å². The number of rotatable bonds is 2. The lowest BCUT2D eigenvalue weighted by molar-refractivity contribution is 0.0669. The van der Waals surface area contributed by atoms with Gasteiger partial charge >= 0.3 is 0 Å². The van der Waals surface area contributed by atoms with Gasteiger partial charge in [0.15, 0.2) is 0 Å². The largest absolute Gasteiger partial charge is 0.383 e. The Bertz CT molecular complexity index is 1050. The first kappa shape index (κ1) is 18.6. The molecule has 1 aromatic carbocycles. The number of fused-ring (bicyclic) bond motifs is 1. The summed E-state index contributed by atoms with van der Waals surface area (Å²) in [5.74, 6) is -0.794. The van der Waals surface area contributed by atoms with Gasteiger partial charge in [-0.2, -0.15) is 0 Å². The minimum atomic E-state index is -1.31. The molecule has 0 saturated carbocycles. The highest BCUT2D eigenvalue weighted by Crippen LogP contribution is 2.43. The summed E-state index contributed by atoms with van der Waals surface area (Å²) in [5, 5.41) is 13.6. The first-order chi connectivity index (χ1) is 12.9. The van der Waals surface area contributed by atoms with Crippen LogP contribution in [0.15, 0.2) is 35.8 Å². The number of hydrogen-bond donors (Lipinski definition) is 1. The van der Waals surface area contributed by atoms with E-state index < -0.39 is 23.8 Å². The second kappa shape index (κ2) is 7.00. The molecule has 1 amide bonds. The Balaban J connectivity index is 1.84. The number of carbonyl (C=O) groups excluding carboxylic acids is 2. The number of aliphatic hydroxyl groups is 1. The van der Waals surface area contributed by atoms with Gasteiger partial charge in [-0.05, 0) is 31.2 Å². The number of anilines is 1. The molecule has 1 aliphatic rings. The van der Waals surface area contributed by atoms with E-state index in [1.165, 1.54) is 39.7 Å². The highest BCUT2D eigenvalue weighted by Gasteiger charge is 2.42. The zero-order valence-electron chi connectivity index (χ0n) is 13.8. The minimum absolute atomic E-state index is 0.211. The number of aromatic nitrogens is 1. The molecule has 0 saturated heterocycles. The van der Waals surface area contributed by atoms with Gasteiger partial charge in [0.05, 0.1) is 32.1 Å². The first-order valence-electron chi connectivity index (χ1n) is 7.93. The lowest BCUT2D eigenvalue weighted by Crippen LogP contribution is -2.52. The molecule has 0 radical (unpaired) electrons. The van der Waals surface area contributed by atoms with E-state index in [1.54, 1.807) is 25.3 Å². The lowest BCUT2D eigenvalue weighted by atomic mass is 9.97. The van der Waals surface area contributed by atoms with E-state index in [1.807, 2.05) is 5.38 Å². The normalized spacial score (nSPS) is 19.3. The van der Waals surface area contributed by atoms with Gasteiger partial charge in [-0.3, -0.25) is 9.59 Å². The Morgan fingerprint density at radius 2 is 2.07 bits per heavy atom. The number of nitrogens with zero attached hydrogens (tertiary/aromatic N) is 2. The average Bonchev–Trinajstić information content (AvgIpc) is 3.29. The monoisotopic (exact) mass is 438 g/mol. The molecule has 27 heavy (non-hydrogen) atoms. The molecule has 2 aromatic heterocycles. The number of benzene rings is 1. The number of amides is 1. The standard InChI is InChI=1S/C18H12Cl2N2O3S2/c1-8-14(23)15(24)16-12(7-13(27-16)17-21-4-5-26-17)22(8)18(25)10-3-2-9(19)6-11(10)20/h2-8,14,23H,1H3. The van der Waals surface area contributed by atoms with Gasteiger partial charge in [0.2, 0.25) is 5.78 Å². The maximum atomic E-state index is 13.2. The van der Waals surface area contributed by atoms with E-state index in [4.69, 9.17) is 23.2 Å². The fraction of sp³-hybridized carbons (Fsp3) is 0.167. The number of Topliss-reactive ketones (excluding diaryl/α,β-unsaturated/α-hetero) is 1. The molecule has 3 heterocycles. The fourth-order valence-electron chi connectivity index (χ4n) is 2.99. The van der Waals surface area contributed by atoms with Gasteiger partial charge in [0, 0.05) is 16.6 Å². The van der Waals surface area contributed by atoms with Crippen molar-refractivity contribution in [3.63, 3.8) is 0 Å². The number of thiazole rings is 1. The van der Waals surface area contributed by atoms with E-state index >= 15 is 0 Å². The molecular weight excluding hydrogens is 427 g/mol. The summed E-state index contributed by atoms with van der Waals surface area (Å²) in [4.78, 5) is 32.6. The SMILES string of the molecule is CC1C(O)C(=O)c2sc(-c3nccs3)cc2N1C(=O)c1ccc(Cl)cc1Cl. The number of aliphatic hydroxyl groups excluding tert-OH is 1. The maximum absolute atomic E-state index is 13.2. The van der Waals surface area contributed by atoms with Crippen LogP contribution in [-0.4, -0.2) is 33.9 Å². The van der Waals surface area contributed by atoms with Crippen molar-refractivity contribution >= 4 is 63.3 Å². The van der Waals surface area contributed by atoms with Crippen molar-refractivity contribution in [2.45, 2.75) is 19.1 Å². The number of thiophene rings is 1. The van der Waals surface area contributed by atoms with Crippen molar-refractivity contribution in [3.05, 3.63) is 56.3 Å². The van der Waals surface area contributed by atoms with Gasteiger partial charge in [0.25, 0.3) is 5.91 Å². The summed E-state index contributed by atoms with van der Waals surface area (Å²) in [6, 6.07) is 5.63. The van der Waals surface area contributed by atoms with Crippen LogP contribution in [0.5, 0.6) is 0 Å². The van der Waals surface area contributed by atoms with Crippen molar-refractivity contribution in [2.75, 3.05) is 4.90 Å². The van der Waals surface area contributed by atoms with Gasteiger partial charge < -0.3 is 10.0 Å². The van der Waals surface area contributed by atoms with E-state index in [9.17, 15) is 14.7 Å². The molecular formula is C18H12Cl2N2O3S2. The molecule has 5 nitrogen and oxygen atoms in total. The molecule has 1 N–H and O–H groups in total. The van der Waals surface area contributed by atoms with Gasteiger partial charge in [0.1, 0.15) is 11.1 Å². The van der Waals surface area contributed by atoms with Crippen LogP contribution in [0, 0.1) is 0 Å². The predicted octanol–water partition coefficient (Wildman–Crippen LogP) is 4.77. The molecule has 0 fully saturated rings. The molecule has 2 unspecified atom stereocenters. The molecule has 9 heteroatoms. The molecule has 2 atom stereocenters. The van der Waals surface area contributed by atoms with Crippen molar-refractivity contribution in [2.24, 2.45) is 0 Å². The Kier molecular flexibility index (Phi) is 4.82. The Hall–Kier alpha value is -1.77. The highest BCUT2D eigenvalue weighted by atomic mass is 35.5. The van der Waals surface area contributed by atoms with Crippen LogP contribution in [0.3, 0.4) is 0 Å². The number of hydrogen-bond acceptors (Lipinski definition) is 6. The fourth-order valence-corrected chi connectivity index (χ4v) is 5.31. The molecule has 0 spiro atoms. The number of ketones is 1. The van der Waals surface area contributed by atoms with Gasteiger partial charge in [-0.1, -0.05) is 23.2 Å². The average molecular weight is 439 g/mol. The van der Waals surface area contributed by atoms with Gasteiger partial charge in [-0.15, -0.1) is 22.7 Å². The molecule has 1 aliphatic heterocycles. The van der Waals surface area contributed by atoms with Crippen LogP contribution in [0.4, 0.5) is 5.69 Å². The Labute approximate surface area is 172 Å². The van der Waals surface area contributed by atoms with Crippen LogP contribution >= 0.6 is 45.9 Å². The topological polar surface area (TPSA) is 70.5 Å². The molecule has 4 rings (SSSR count). The van der Waals surface area contributed by atoms with Gasteiger partial charge in [-0.25, -0.2) is 4.98 Å². The van der Waals surface area contributed by atoms with Crippen LogP contribution in [0.2, 0.25) is 10.0 Å². The van der Waals surface area contributed by atoms with Crippen molar-refractivity contribution in [1.29, 1.82) is 0 Å². The first-order valence-corrected chi connectivity index (χ1v) is 10.4. The highest BCUT2D eigenvalue weighted by molar-refractivity contribution is 7.22. The Morgan fingerprint density at radius 3 is 2.74 bits per heavy atom. The van der Waals surface area contributed by atoms with E-state index in [0.29, 0.717) is 15.6 Å². The smallest absolute Gasteiger partial charge is 0.260 e. The quantitative estimate of drug-likeness (QED) is 0.625. The summed E-state index contributed by atoms with van der Waals surface area (Å²) < 4.78 is 0. The summed E-state index contributed by atoms with van der Waals surface area (Å²) >= 11 is 14.8. The number of halogens is 2. The maximum Gasteiger partial charge on any atom is 0.260 e. The Morgan fingerprint density at radius 1 is 1.30 bits per heavy atom. The third kappa shape index (κ3) is 3.09. The number of carbonyl (C=O) groups is 2. The van der Waals surface area contributed by atoms with Crippen LogP contribution in [0.1, 0.15) is 27.0 Å². The zero-order chi connectivity index (χ0) is 19.3. The summed E-state index contributed by atoms with van der Waals surface area (Å²) in [6.07, 6.45) is 0.365. The lowest BCUT2D eigenvalue weighted by Gasteiger charge is -2.35. The third-order valence-electron chi connectivity index (χ3n) is 4.35. The second-order valence-electron chi connectivity index (χ2n) is 6.01. The molecule has 3 aromatic rings. The van der Waals surface area contributed by atoms with Crippen molar-refractivity contribution in [1.82, 2.24) is 4.98 Å². The third-order valence-corrected chi connectivity index (χ3v) is 6.98. The predicted molar refractivity (Wildman–Crippen MR) is 108 cm³/mol.